The number of hydrogen-bond donors (Lipinski definition) is 0. The van der Waals surface area contributed by atoms with E-state index in [1.54, 1.807) is 6.42 Å². The minimum atomic E-state index is 1.02. The molecule has 2 aliphatic carbocycles. The van der Waals surface area contributed by atoms with Crippen molar-refractivity contribution in [3.8, 4) is 0 Å². The summed E-state index contributed by atoms with van der Waals surface area (Å²) in [5.41, 5.74) is 0. The first kappa shape index (κ1) is 8.59. The average molecular weight is 166 g/mol. The fraction of sp³-hybridized carbons (Fsp3) is 1.00. The molecular formula is C12H22. The van der Waals surface area contributed by atoms with Crippen LogP contribution in [0.4, 0.5) is 0 Å². The number of rotatable bonds is 0. The van der Waals surface area contributed by atoms with Gasteiger partial charge in [-0.25, -0.2) is 0 Å². The molecule has 0 aromatic heterocycles. The summed E-state index contributed by atoms with van der Waals surface area (Å²) in [5.74, 6) is 4.27. The SMILES string of the molecule is C[C@@H]1CC[C@H]2CCC[C@H](C)[C@H]2C1. The van der Waals surface area contributed by atoms with E-state index in [2.05, 4.69) is 13.8 Å². The van der Waals surface area contributed by atoms with Crippen LogP contribution in [0.3, 0.4) is 0 Å². The molecule has 0 spiro atoms. The van der Waals surface area contributed by atoms with Crippen LogP contribution in [0.5, 0.6) is 0 Å². The molecule has 12 heavy (non-hydrogen) atoms. The Bertz CT molecular complexity index is 150. The highest BCUT2D eigenvalue weighted by atomic mass is 14.4. The van der Waals surface area contributed by atoms with Crippen molar-refractivity contribution in [2.24, 2.45) is 23.7 Å². The van der Waals surface area contributed by atoms with Crippen molar-refractivity contribution in [3.05, 3.63) is 0 Å². The molecule has 0 heteroatoms. The van der Waals surface area contributed by atoms with E-state index >= 15 is 0 Å². The predicted molar refractivity (Wildman–Crippen MR) is 53.0 cm³/mol. The molecule has 4 atom stereocenters. The van der Waals surface area contributed by atoms with Gasteiger partial charge >= 0.3 is 0 Å². The fourth-order valence-corrected chi connectivity index (χ4v) is 3.46. The van der Waals surface area contributed by atoms with Gasteiger partial charge in [0.25, 0.3) is 0 Å². The first-order chi connectivity index (χ1) is 5.77. The Morgan fingerprint density at radius 2 is 1.75 bits per heavy atom. The van der Waals surface area contributed by atoms with E-state index in [9.17, 15) is 0 Å². The Morgan fingerprint density at radius 3 is 2.58 bits per heavy atom. The Labute approximate surface area is 76.7 Å². The van der Waals surface area contributed by atoms with E-state index in [4.69, 9.17) is 0 Å². The van der Waals surface area contributed by atoms with Gasteiger partial charge in [-0.1, -0.05) is 39.5 Å². The van der Waals surface area contributed by atoms with Crippen molar-refractivity contribution in [2.75, 3.05) is 0 Å². The Balaban J connectivity index is 2.00. The predicted octanol–water partition coefficient (Wildman–Crippen LogP) is 3.86. The first-order valence-electron chi connectivity index (χ1n) is 5.77. The van der Waals surface area contributed by atoms with Gasteiger partial charge < -0.3 is 0 Å². The highest BCUT2D eigenvalue weighted by Gasteiger charge is 2.34. The molecule has 70 valence electrons. The van der Waals surface area contributed by atoms with E-state index in [1.165, 1.54) is 32.1 Å². The first-order valence-corrected chi connectivity index (χ1v) is 5.77. The molecule has 0 unspecified atom stereocenters. The van der Waals surface area contributed by atoms with Crippen LogP contribution in [0.1, 0.15) is 52.4 Å². The van der Waals surface area contributed by atoms with Gasteiger partial charge in [0.2, 0.25) is 0 Å². The molecule has 0 aromatic rings. The fourth-order valence-electron chi connectivity index (χ4n) is 3.46. The number of fused-ring (bicyclic) bond motifs is 1. The molecule has 2 rings (SSSR count). The highest BCUT2D eigenvalue weighted by molar-refractivity contribution is 4.85. The summed E-state index contributed by atoms with van der Waals surface area (Å²) >= 11 is 0. The monoisotopic (exact) mass is 166 g/mol. The van der Waals surface area contributed by atoms with Crippen LogP contribution in [0.25, 0.3) is 0 Å². The molecular weight excluding hydrogens is 144 g/mol. The van der Waals surface area contributed by atoms with E-state index in [1.807, 2.05) is 0 Å². The molecule has 2 fully saturated rings. The summed E-state index contributed by atoms with van der Waals surface area (Å²) in [6, 6.07) is 0. The second kappa shape index (κ2) is 3.40. The quantitative estimate of drug-likeness (QED) is 0.512. The average Bonchev–Trinajstić information content (AvgIpc) is 2.07. The maximum atomic E-state index is 2.48. The van der Waals surface area contributed by atoms with Gasteiger partial charge in [0.1, 0.15) is 0 Å². The molecule has 0 aliphatic heterocycles. The number of hydrogen-bond acceptors (Lipinski definition) is 0. The van der Waals surface area contributed by atoms with Crippen LogP contribution in [0.2, 0.25) is 0 Å². The summed E-state index contributed by atoms with van der Waals surface area (Å²) in [7, 11) is 0. The normalized spacial score (nSPS) is 48.5. The summed E-state index contributed by atoms with van der Waals surface area (Å²) in [5, 5.41) is 0. The molecule has 0 heterocycles. The van der Waals surface area contributed by atoms with Gasteiger partial charge in [0.05, 0.1) is 0 Å². The summed E-state index contributed by atoms with van der Waals surface area (Å²) in [6.45, 7) is 4.92. The van der Waals surface area contributed by atoms with Gasteiger partial charge in [0.15, 0.2) is 0 Å². The Morgan fingerprint density at radius 1 is 0.917 bits per heavy atom. The van der Waals surface area contributed by atoms with Gasteiger partial charge in [-0.2, -0.15) is 0 Å². The molecule has 0 bridgehead atoms. The Kier molecular flexibility index (Phi) is 2.43. The van der Waals surface area contributed by atoms with Crippen LogP contribution < -0.4 is 0 Å². The third-order valence-corrected chi connectivity index (χ3v) is 4.28. The van der Waals surface area contributed by atoms with Crippen molar-refractivity contribution in [1.82, 2.24) is 0 Å². The lowest BCUT2D eigenvalue weighted by Gasteiger charge is -2.42. The Hall–Kier alpha value is 0. The topological polar surface area (TPSA) is 0 Å². The van der Waals surface area contributed by atoms with Crippen molar-refractivity contribution in [3.63, 3.8) is 0 Å². The molecule has 0 saturated heterocycles. The van der Waals surface area contributed by atoms with Crippen molar-refractivity contribution in [2.45, 2.75) is 52.4 Å². The van der Waals surface area contributed by atoms with Gasteiger partial charge in [0, 0.05) is 0 Å². The highest BCUT2D eigenvalue weighted by Crippen LogP contribution is 2.45. The molecule has 2 aliphatic rings. The van der Waals surface area contributed by atoms with Crippen molar-refractivity contribution < 1.29 is 0 Å². The van der Waals surface area contributed by atoms with Crippen molar-refractivity contribution >= 4 is 0 Å². The van der Waals surface area contributed by atoms with Crippen LogP contribution in [-0.2, 0) is 0 Å². The van der Waals surface area contributed by atoms with Gasteiger partial charge in [-0.05, 0) is 36.5 Å². The standard InChI is InChI=1S/C12H22/c1-9-6-7-11-5-3-4-10(2)12(11)8-9/h9-12H,3-8H2,1-2H3/t9-,10+,11-,12-/m1/s1. The zero-order valence-electron chi connectivity index (χ0n) is 8.55. The molecule has 0 amide bonds. The maximum absolute atomic E-state index is 2.48. The smallest absolute Gasteiger partial charge is 0.0358 e. The van der Waals surface area contributed by atoms with E-state index in [-0.39, 0.29) is 0 Å². The zero-order chi connectivity index (χ0) is 8.55. The second-order valence-electron chi connectivity index (χ2n) is 5.25. The summed E-state index contributed by atoms with van der Waals surface area (Å²) in [4.78, 5) is 0. The molecule has 0 N–H and O–H groups in total. The molecule has 0 aromatic carbocycles. The van der Waals surface area contributed by atoms with E-state index < -0.39 is 0 Å². The lowest BCUT2D eigenvalue weighted by Crippen LogP contribution is -2.32. The molecule has 2 saturated carbocycles. The summed E-state index contributed by atoms with van der Waals surface area (Å²) in [6.07, 6.45) is 9.14. The van der Waals surface area contributed by atoms with Crippen LogP contribution in [0, 0.1) is 23.7 Å². The van der Waals surface area contributed by atoms with Gasteiger partial charge in [-0.3, -0.25) is 0 Å². The van der Waals surface area contributed by atoms with E-state index in [0.29, 0.717) is 0 Å². The lowest BCUT2D eigenvalue weighted by atomic mass is 9.64. The third kappa shape index (κ3) is 1.53. The second-order valence-corrected chi connectivity index (χ2v) is 5.25. The van der Waals surface area contributed by atoms with Crippen LogP contribution >= 0.6 is 0 Å². The van der Waals surface area contributed by atoms with Crippen LogP contribution in [-0.4, -0.2) is 0 Å². The lowest BCUT2D eigenvalue weighted by molar-refractivity contribution is 0.0880. The van der Waals surface area contributed by atoms with E-state index in [0.717, 1.165) is 23.7 Å². The minimum absolute atomic E-state index is 1.02. The molecule has 0 nitrogen and oxygen atoms in total. The van der Waals surface area contributed by atoms with Crippen molar-refractivity contribution in [1.29, 1.82) is 0 Å². The third-order valence-electron chi connectivity index (χ3n) is 4.28. The minimum Gasteiger partial charge on any atom is -0.0625 e. The maximum Gasteiger partial charge on any atom is -0.0358 e. The van der Waals surface area contributed by atoms with Crippen LogP contribution in [0.15, 0.2) is 0 Å². The largest absolute Gasteiger partial charge is 0.0625 e. The summed E-state index contributed by atoms with van der Waals surface area (Å²) < 4.78 is 0. The van der Waals surface area contributed by atoms with Gasteiger partial charge in [-0.15, -0.1) is 0 Å². The molecule has 0 radical (unpaired) electrons. The zero-order valence-corrected chi connectivity index (χ0v) is 8.55.